The van der Waals surface area contributed by atoms with E-state index in [1.807, 2.05) is 53.9 Å². The van der Waals surface area contributed by atoms with Crippen LogP contribution in [0.3, 0.4) is 0 Å². The number of halogens is 1. The third-order valence-electron chi connectivity index (χ3n) is 4.42. The van der Waals surface area contributed by atoms with Crippen LogP contribution in [-0.4, -0.2) is 11.2 Å². The molecule has 1 N–H and O–H groups in total. The Morgan fingerprint density at radius 2 is 1.73 bits per heavy atom. The first-order chi connectivity index (χ1) is 14.7. The maximum atomic E-state index is 5.83. The van der Waals surface area contributed by atoms with Crippen LogP contribution in [-0.2, 0) is 6.61 Å². The molecule has 1 heterocycles. The molecule has 0 saturated heterocycles. The summed E-state index contributed by atoms with van der Waals surface area (Å²) in [7, 11) is 0. The molecule has 4 aromatic rings. The quantitative estimate of drug-likeness (QED) is 0.232. The van der Waals surface area contributed by atoms with Gasteiger partial charge in [-0.2, -0.15) is 5.10 Å². The summed E-state index contributed by atoms with van der Waals surface area (Å²) >= 11 is 4.97. The Kier molecular flexibility index (Phi) is 6.57. The Balaban J connectivity index is 1.30. The second-order valence-electron chi connectivity index (χ2n) is 6.76. The van der Waals surface area contributed by atoms with E-state index in [0.717, 1.165) is 37.7 Å². The van der Waals surface area contributed by atoms with Crippen molar-refractivity contribution in [3.8, 4) is 17.0 Å². The maximum Gasteiger partial charge on any atom is 0.203 e. The highest BCUT2D eigenvalue weighted by molar-refractivity contribution is 9.10. The molecule has 0 fully saturated rings. The minimum absolute atomic E-state index is 0.537. The average molecular weight is 478 g/mol. The van der Waals surface area contributed by atoms with Crippen molar-refractivity contribution in [3.63, 3.8) is 0 Å². The lowest BCUT2D eigenvalue weighted by atomic mass is 10.1. The summed E-state index contributed by atoms with van der Waals surface area (Å²) in [5, 5.41) is 7.08. The fourth-order valence-electron chi connectivity index (χ4n) is 2.74. The molecule has 4 nitrogen and oxygen atoms in total. The van der Waals surface area contributed by atoms with Crippen molar-refractivity contribution in [2.24, 2.45) is 5.10 Å². The molecule has 1 aromatic heterocycles. The van der Waals surface area contributed by atoms with Gasteiger partial charge in [0.05, 0.1) is 11.9 Å². The number of benzene rings is 3. The molecule has 0 atom stereocenters. The normalized spacial score (nSPS) is 11.0. The second-order valence-corrected chi connectivity index (χ2v) is 8.53. The predicted octanol–water partition coefficient (Wildman–Crippen LogP) is 6.91. The highest BCUT2D eigenvalue weighted by atomic mass is 79.9. The number of hydrogen-bond acceptors (Lipinski definition) is 5. The molecule has 0 saturated carbocycles. The van der Waals surface area contributed by atoms with Gasteiger partial charge in [0.2, 0.25) is 5.13 Å². The van der Waals surface area contributed by atoms with Gasteiger partial charge in [-0.05, 0) is 54.4 Å². The van der Waals surface area contributed by atoms with Gasteiger partial charge in [0.15, 0.2) is 0 Å². The van der Waals surface area contributed by atoms with Gasteiger partial charge >= 0.3 is 0 Å². The summed E-state index contributed by atoms with van der Waals surface area (Å²) in [6, 6.07) is 24.3. The van der Waals surface area contributed by atoms with Crippen LogP contribution in [0.4, 0.5) is 5.13 Å². The van der Waals surface area contributed by atoms with Crippen molar-refractivity contribution in [1.82, 2.24) is 4.98 Å². The van der Waals surface area contributed by atoms with Crippen molar-refractivity contribution >= 4 is 38.6 Å². The largest absolute Gasteiger partial charge is 0.489 e. The number of hydrazone groups is 1. The topological polar surface area (TPSA) is 46.5 Å². The standard InChI is InChI=1S/C24H20BrN3OS/c1-17-2-8-20(9-3-17)23-16-30-24(27-23)28-26-14-18-6-12-22(13-7-18)29-15-19-4-10-21(25)11-5-19/h2-14,16H,15H2,1H3,(H,27,28). The second kappa shape index (κ2) is 9.69. The van der Waals surface area contributed by atoms with E-state index >= 15 is 0 Å². The monoisotopic (exact) mass is 477 g/mol. The molecule has 4 rings (SSSR count). The van der Waals surface area contributed by atoms with E-state index in [1.165, 1.54) is 16.9 Å². The van der Waals surface area contributed by atoms with Gasteiger partial charge in [0, 0.05) is 15.4 Å². The van der Waals surface area contributed by atoms with Crippen LogP contribution in [0.5, 0.6) is 5.75 Å². The molecular weight excluding hydrogens is 458 g/mol. The van der Waals surface area contributed by atoms with E-state index in [4.69, 9.17) is 4.74 Å². The molecule has 0 radical (unpaired) electrons. The van der Waals surface area contributed by atoms with Crippen LogP contribution in [0, 0.1) is 6.92 Å². The van der Waals surface area contributed by atoms with Crippen molar-refractivity contribution < 1.29 is 4.74 Å². The minimum Gasteiger partial charge on any atom is -0.489 e. The number of anilines is 1. The number of aromatic nitrogens is 1. The molecule has 30 heavy (non-hydrogen) atoms. The molecule has 0 amide bonds. The zero-order chi connectivity index (χ0) is 20.8. The van der Waals surface area contributed by atoms with Crippen LogP contribution in [0.15, 0.2) is 87.8 Å². The predicted molar refractivity (Wildman–Crippen MR) is 128 cm³/mol. The van der Waals surface area contributed by atoms with Crippen LogP contribution in [0.2, 0.25) is 0 Å². The number of ether oxygens (including phenoxy) is 1. The smallest absolute Gasteiger partial charge is 0.203 e. The maximum absolute atomic E-state index is 5.83. The van der Waals surface area contributed by atoms with Gasteiger partial charge in [-0.1, -0.05) is 57.9 Å². The Bertz CT molecular complexity index is 1120. The molecule has 150 valence electrons. The molecule has 0 aliphatic carbocycles. The molecule has 3 aromatic carbocycles. The fraction of sp³-hybridized carbons (Fsp3) is 0.0833. The summed E-state index contributed by atoms with van der Waals surface area (Å²) in [4.78, 5) is 4.58. The van der Waals surface area contributed by atoms with E-state index in [-0.39, 0.29) is 0 Å². The lowest BCUT2D eigenvalue weighted by Gasteiger charge is -2.06. The van der Waals surface area contributed by atoms with Gasteiger partial charge in [-0.25, -0.2) is 4.98 Å². The number of aryl methyl sites for hydroxylation is 1. The van der Waals surface area contributed by atoms with E-state index < -0.39 is 0 Å². The first kappa shape index (κ1) is 20.3. The molecular formula is C24H20BrN3OS. The number of nitrogens with one attached hydrogen (secondary N) is 1. The summed E-state index contributed by atoms with van der Waals surface area (Å²) in [5.41, 5.74) is 8.40. The van der Waals surface area contributed by atoms with E-state index in [2.05, 4.69) is 62.6 Å². The highest BCUT2D eigenvalue weighted by Crippen LogP contribution is 2.25. The summed E-state index contributed by atoms with van der Waals surface area (Å²) in [6.07, 6.45) is 1.77. The Morgan fingerprint density at radius 3 is 2.47 bits per heavy atom. The van der Waals surface area contributed by atoms with Crippen molar-refractivity contribution in [2.75, 3.05) is 5.43 Å². The molecule has 0 aliphatic heterocycles. The fourth-order valence-corrected chi connectivity index (χ4v) is 3.67. The van der Waals surface area contributed by atoms with Crippen molar-refractivity contribution in [1.29, 1.82) is 0 Å². The van der Waals surface area contributed by atoms with Crippen LogP contribution < -0.4 is 10.2 Å². The molecule has 0 aliphatic rings. The zero-order valence-electron chi connectivity index (χ0n) is 16.4. The van der Waals surface area contributed by atoms with Crippen LogP contribution in [0.1, 0.15) is 16.7 Å². The van der Waals surface area contributed by atoms with Gasteiger partial charge in [-0.3, -0.25) is 5.43 Å². The highest BCUT2D eigenvalue weighted by Gasteiger charge is 2.03. The van der Waals surface area contributed by atoms with Gasteiger partial charge in [-0.15, -0.1) is 11.3 Å². The Labute approximate surface area is 188 Å². The van der Waals surface area contributed by atoms with Gasteiger partial charge < -0.3 is 4.74 Å². The summed E-state index contributed by atoms with van der Waals surface area (Å²) in [6.45, 7) is 2.61. The minimum atomic E-state index is 0.537. The van der Waals surface area contributed by atoms with Crippen molar-refractivity contribution in [2.45, 2.75) is 13.5 Å². The SMILES string of the molecule is Cc1ccc(-c2csc(NN=Cc3ccc(OCc4ccc(Br)cc4)cc3)n2)cc1. The molecule has 0 unspecified atom stereocenters. The average Bonchev–Trinajstić information content (AvgIpc) is 3.24. The number of nitrogens with zero attached hydrogens (tertiary/aromatic N) is 2. The van der Waals surface area contributed by atoms with Gasteiger partial charge in [0.25, 0.3) is 0 Å². The summed E-state index contributed by atoms with van der Waals surface area (Å²) in [5.74, 6) is 0.825. The Hall–Kier alpha value is -2.96. The Morgan fingerprint density at radius 1 is 1.00 bits per heavy atom. The van der Waals surface area contributed by atoms with Crippen LogP contribution in [0.25, 0.3) is 11.3 Å². The van der Waals surface area contributed by atoms with Crippen LogP contribution >= 0.6 is 27.3 Å². The molecule has 0 bridgehead atoms. The number of rotatable bonds is 7. The lowest BCUT2D eigenvalue weighted by Crippen LogP contribution is -1.95. The third-order valence-corrected chi connectivity index (χ3v) is 5.70. The first-order valence-corrected chi connectivity index (χ1v) is 11.1. The molecule has 6 heteroatoms. The van der Waals surface area contributed by atoms with Crippen molar-refractivity contribution in [3.05, 3.63) is 99.3 Å². The molecule has 0 spiro atoms. The van der Waals surface area contributed by atoms with E-state index in [0.29, 0.717) is 6.61 Å². The van der Waals surface area contributed by atoms with Gasteiger partial charge in [0.1, 0.15) is 12.4 Å². The van der Waals surface area contributed by atoms with E-state index in [1.54, 1.807) is 6.21 Å². The number of thiazole rings is 1. The third kappa shape index (κ3) is 5.55. The van der Waals surface area contributed by atoms with E-state index in [9.17, 15) is 0 Å². The zero-order valence-corrected chi connectivity index (χ0v) is 18.8. The summed E-state index contributed by atoms with van der Waals surface area (Å²) < 4.78 is 6.89. The lowest BCUT2D eigenvalue weighted by molar-refractivity contribution is 0.306. The first-order valence-electron chi connectivity index (χ1n) is 9.45. The number of hydrogen-bond donors (Lipinski definition) is 1.